The first-order valence-electron chi connectivity index (χ1n) is 5.26. The number of halogens is 2. The molecule has 106 valence electrons. The van der Waals surface area contributed by atoms with Gasteiger partial charge in [-0.25, -0.2) is 8.42 Å². The fourth-order valence-electron chi connectivity index (χ4n) is 1.43. The summed E-state index contributed by atoms with van der Waals surface area (Å²) < 4.78 is 38.4. The molecule has 5 nitrogen and oxygen atoms in total. The third-order valence-corrected chi connectivity index (χ3v) is 5.05. The van der Waals surface area contributed by atoms with Crippen LogP contribution in [0.4, 0.5) is 0 Å². The van der Waals surface area contributed by atoms with E-state index in [1.54, 1.807) is 0 Å². The van der Waals surface area contributed by atoms with Gasteiger partial charge in [0.2, 0.25) is 0 Å². The quantitative estimate of drug-likeness (QED) is 0.155. The molecule has 20 heavy (non-hydrogen) atoms. The van der Waals surface area contributed by atoms with Crippen molar-refractivity contribution in [2.45, 2.75) is 13.3 Å². The molecule has 0 amide bonds. The van der Waals surface area contributed by atoms with E-state index in [-0.39, 0.29) is 64.4 Å². The molecule has 0 aromatic heterocycles. The van der Waals surface area contributed by atoms with E-state index in [9.17, 15) is 17.8 Å². The van der Waals surface area contributed by atoms with Gasteiger partial charge in [-0.2, -0.15) is 0 Å². The zero-order chi connectivity index (χ0) is 14.6. The molecule has 0 atom stereocenters. The Balaban J connectivity index is 0.00000361. The number of hydrogen-bond donors (Lipinski definition) is 0. The van der Waals surface area contributed by atoms with Gasteiger partial charge >= 0.3 is 51.4 Å². The summed E-state index contributed by atoms with van der Waals surface area (Å²) in [6.07, 6.45) is 0.891. The molecule has 0 N–H and O–H groups in total. The number of hydrogen-bond acceptors (Lipinski definition) is 5. The van der Waals surface area contributed by atoms with Crippen LogP contribution in [0.2, 0.25) is 0 Å². The standard InChI is InChI=1S/C11H12I2O5S.K/c1-7-5-9(12)8(6-14)10(13)11(7)18-3-2-4-19(15,16)17;/h5-6H,2-4H2,1H3,(H,15,16,17);/q;+1/p-1. The van der Waals surface area contributed by atoms with Gasteiger partial charge in [-0.05, 0) is 70.2 Å². The fraction of sp³-hybridized carbons (Fsp3) is 0.364. The molecule has 1 rings (SSSR count). The molecule has 0 aliphatic rings. The van der Waals surface area contributed by atoms with Gasteiger partial charge in [0.15, 0.2) is 6.29 Å². The van der Waals surface area contributed by atoms with E-state index in [1.807, 2.05) is 35.6 Å². The van der Waals surface area contributed by atoms with Crippen molar-refractivity contribution in [3.05, 3.63) is 24.3 Å². The van der Waals surface area contributed by atoms with Gasteiger partial charge in [-0.3, -0.25) is 4.79 Å². The van der Waals surface area contributed by atoms with Crippen molar-refractivity contribution in [2.75, 3.05) is 12.4 Å². The predicted molar refractivity (Wildman–Crippen MR) is 86.7 cm³/mol. The Hall–Kier alpha value is 1.70. The summed E-state index contributed by atoms with van der Waals surface area (Å²) in [6, 6.07) is 1.83. The SMILES string of the molecule is Cc1cc(I)c(C=O)c(I)c1OCCCS(=O)(=O)[O-].[K+]. The van der Waals surface area contributed by atoms with Gasteiger partial charge in [-0.15, -0.1) is 0 Å². The van der Waals surface area contributed by atoms with Crippen LogP contribution in [0.3, 0.4) is 0 Å². The van der Waals surface area contributed by atoms with E-state index in [2.05, 4.69) is 22.6 Å². The van der Waals surface area contributed by atoms with Crippen LogP contribution in [0.1, 0.15) is 22.3 Å². The Labute approximate surface area is 188 Å². The minimum Gasteiger partial charge on any atom is -0.748 e. The summed E-state index contributed by atoms with van der Waals surface area (Å²) in [4.78, 5) is 11.0. The Morgan fingerprint density at radius 3 is 2.50 bits per heavy atom. The number of carbonyl (C=O) groups excluding carboxylic acids is 1. The zero-order valence-electron chi connectivity index (χ0n) is 11.0. The molecule has 9 heteroatoms. The van der Waals surface area contributed by atoms with Gasteiger partial charge in [-0.1, -0.05) is 0 Å². The smallest absolute Gasteiger partial charge is 0.748 e. The molecule has 0 aliphatic heterocycles. The van der Waals surface area contributed by atoms with Crippen LogP contribution in [0.25, 0.3) is 0 Å². The van der Waals surface area contributed by atoms with Crippen LogP contribution in [0.15, 0.2) is 6.07 Å². The number of ether oxygens (including phenoxy) is 1. The van der Waals surface area contributed by atoms with Crippen LogP contribution in [0.5, 0.6) is 5.75 Å². The van der Waals surface area contributed by atoms with Crippen molar-refractivity contribution >= 4 is 61.6 Å². The molecule has 0 aliphatic carbocycles. The molecule has 0 saturated heterocycles. The maximum atomic E-state index is 11.0. The Bertz CT molecular complexity index is 589. The molecule has 0 saturated carbocycles. The molecule has 0 heterocycles. The number of rotatable bonds is 6. The molecule has 1 aromatic carbocycles. The number of benzene rings is 1. The minimum atomic E-state index is -4.21. The number of carbonyl (C=O) groups is 1. The maximum absolute atomic E-state index is 11.0. The van der Waals surface area contributed by atoms with E-state index in [4.69, 9.17) is 4.74 Å². The third kappa shape index (κ3) is 6.85. The number of aryl methyl sites for hydroxylation is 1. The van der Waals surface area contributed by atoms with Crippen molar-refractivity contribution < 1.29 is 73.9 Å². The second kappa shape index (κ2) is 9.75. The first-order chi connectivity index (χ1) is 8.76. The first kappa shape index (κ1) is 21.7. The van der Waals surface area contributed by atoms with Crippen LogP contribution >= 0.6 is 45.2 Å². The molecule has 0 bridgehead atoms. The Morgan fingerprint density at radius 2 is 2.00 bits per heavy atom. The van der Waals surface area contributed by atoms with E-state index in [1.165, 1.54) is 0 Å². The summed E-state index contributed by atoms with van der Waals surface area (Å²) in [5.74, 6) is 0.111. The summed E-state index contributed by atoms with van der Waals surface area (Å²) in [6.45, 7) is 1.97. The first-order valence-corrected chi connectivity index (χ1v) is 9.00. The minimum absolute atomic E-state index is 0. The number of aldehydes is 1. The monoisotopic (exact) mass is 548 g/mol. The fourth-order valence-corrected chi connectivity index (χ4v) is 4.28. The van der Waals surface area contributed by atoms with Crippen molar-refractivity contribution in [1.29, 1.82) is 0 Å². The van der Waals surface area contributed by atoms with E-state index in [0.717, 1.165) is 15.4 Å². The van der Waals surface area contributed by atoms with Crippen LogP contribution in [-0.4, -0.2) is 31.6 Å². The maximum Gasteiger partial charge on any atom is 1.00 e. The predicted octanol–water partition coefficient (Wildman–Crippen LogP) is -0.665. The zero-order valence-corrected chi connectivity index (χ0v) is 19.2. The molecule has 1 aromatic rings. The molecule has 0 fully saturated rings. The molecule has 0 radical (unpaired) electrons. The van der Waals surface area contributed by atoms with Gasteiger partial charge in [0.05, 0.1) is 20.3 Å². The summed E-state index contributed by atoms with van der Waals surface area (Å²) >= 11 is 4.09. The van der Waals surface area contributed by atoms with E-state index < -0.39 is 15.9 Å². The van der Waals surface area contributed by atoms with Crippen molar-refractivity contribution in [1.82, 2.24) is 0 Å². The topological polar surface area (TPSA) is 83.5 Å². The Kier molecular flexibility index (Phi) is 10.6. The van der Waals surface area contributed by atoms with E-state index in [0.29, 0.717) is 14.9 Å². The summed E-state index contributed by atoms with van der Waals surface area (Å²) in [7, 11) is -4.21. The van der Waals surface area contributed by atoms with Crippen molar-refractivity contribution in [3.8, 4) is 5.75 Å². The second-order valence-corrected chi connectivity index (χ2v) is 7.58. The summed E-state index contributed by atoms with van der Waals surface area (Å²) in [5, 5.41) is 0. The van der Waals surface area contributed by atoms with Gasteiger partial charge < -0.3 is 9.29 Å². The van der Waals surface area contributed by atoms with Crippen LogP contribution < -0.4 is 56.1 Å². The summed E-state index contributed by atoms with van der Waals surface area (Å²) in [5.41, 5.74) is 1.42. The molecular weight excluding hydrogens is 537 g/mol. The Morgan fingerprint density at radius 1 is 1.40 bits per heavy atom. The van der Waals surface area contributed by atoms with Crippen molar-refractivity contribution in [2.24, 2.45) is 0 Å². The van der Waals surface area contributed by atoms with E-state index >= 15 is 0 Å². The second-order valence-electron chi connectivity index (χ2n) is 3.81. The normalized spacial score (nSPS) is 10.8. The molecule has 0 spiro atoms. The average molecular weight is 548 g/mol. The largest absolute Gasteiger partial charge is 1.00 e. The molecule has 0 unspecified atom stereocenters. The third-order valence-electron chi connectivity index (χ3n) is 2.30. The molecular formula is C11H11I2KO5S. The van der Waals surface area contributed by atoms with Crippen molar-refractivity contribution in [3.63, 3.8) is 0 Å². The van der Waals surface area contributed by atoms with Gasteiger partial charge in [0.25, 0.3) is 0 Å². The van der Waals surface area contributed by atoms with Gasteiger partial charge in [0, 0.05) is 14.9 Å². The van der Waals surface area contributed by atoms with Crippen LogP contribution in [-0.2, 0) is 10.1 Å². The van der Waals surface area contributed by atoms with Gasteiger partial charge in [0.1, 0.15) is 5.75 Å². The van der Waals surface area contributed by atoms with Crippen LogP contribution in [0, 0.1) is 14.1 Å². The average Bonchev–Trinajstić information content (AvgIpc) is 2.26.